The van der Waals surface area contributed by atoms with Crippen molar-refractivity contribution in [2.45, 2.75) is 0 Å². The lowest BCUT2D eigenvalue weighted by atomic mass is 10.00. The van der Waals surface area contributed by atoms with E-state index < -0.39 is 14.6 Å². The molecule has 0 bridgehead atoms. The summed E-state index contributed by atoms with van der Waals surface area (Å²) in [6, 6.07) is 23.4. The molecule has 0 amide bonds. The third-order valence-electron chi connectivity index (χ3n) is 4.77. The molecule has 2 heterocycles. The fourth-order valence-corrected chi connectivity index (χ4v) is 3.60. The van der Waals surface area contributed by atoms with E-state index in [1.165, 1.54) is 0 Å². The van der Waals surface area contributed by atoms with Gasteiger partial charge in [-0.15, -0.1) is 0 Å². The normalized spacial score (nSPS) is 14.4. The van der Waals surface area contributed by atoms with Gasteiger partial charge >= 0.3 is 14.6 Å². The van der Waals surface area contributed by atoms with Gasteiger partial charge in [0.1, 0.15) is 23.0 Å². The third kappa shape index (κ3) is 2.32. The first-order valence-corrected chi connectivity index (χ1v) is 8.71. The quantitative estimate of drug-likeness (QED) is 0.505. The van der Waals surface area contributed by atoms with Crippen molar-refractivity contribution in [1.82, 2.24) is 0 Å². The SMILES string of the molecule is c1cc2c3c(cccc3c1)OB(OB1Oc3cccc4cccc(c34)O1)O2. The van der Waals surface area contributed by atoms with Crippen LogP contribution in [0, 0.1) is 0 Å². The second-order valence-corrected chi connectivity index (χ2v) is 6.41. The molecule has 5 nitrogen and oxygen atoms in total. The summed E-state index contributed by atoms with van der Waals surface area (Å²) in [6.45, 7) is 0. The molecule has 128 valence electrons. The van der Waals surface area contributed by atoms with Crippen molar-refractivity contribution in [2.24, 2.45) is 0 Å². The Balaban J connectivity index is 1.29. The number of rotatable bonds is 2. The average Bonchev–Trinajstić information content (AvgIpc) is 2.69. The van der Waals surface area contributed by atoms with Crippen LogP contribution in [0.5, 0.6) is 23.0 Å². The first-order chi connectivity index (χ1) is 13.3. The van der Waals surface area contributed by atoms with Crippen molar-refractivity contribution >= 4 is 36.2 Å². The van der Waals surface area contributed by atoms with Gasteiger partial charge in [0, 0.05) is 0 Å². The molecular weight excluding hydrogens is 342 g/mol. The molecule has 2 aliphatic rings. The lowest BCUT2D eigenvalue weighted by molar-refractivity contribution is 0.230. The molecular formula is C20H12B2O5. The monoisotopic (exact) mass is 354 g/mol. The first-order valence-electron chi connectivity index (χ1n) is 8.71. The summed E-state index contributed by atoms with van der Waals surface area (Å²) in [7, 11) is -1.94. The van der Waals surface area contributed by atoms with Gasteiger partial charge in [-0.05, 0) is 35.0 Å². The maximum Gasteiger partial charge on any atom is 0.777 e. The highest BCUT2D eigenvalue weighted by Crippen LogP contribution is 2.40. The van der Waals surface area contributed by atoms with Crippen molar-refractivity contribution in [2.75, 3.05) is 0 Å². The van der Waals surface area contributed by atoms with Crippen LogP contribution >= 0.6 is 0 Å². The topological polar surface area (TPSA) is 46.2 Å². The Morgan fingerprint density at radius 3 is 1.15 bits per heavy atom. The molecule has 6 rings (SSSR count). The highest BCUT2D eigenvalue weighted by molar-refractivity contribution is 6.54. The van der Waals surface area contributed by atoms with Crippen LogP contribution in [0.4, 0.5) is 0 Å². The lowest BCUT2D eigenvalue weighted by Crippen LogP contribution is -2.47. The first kappa shape index (κ1) is 14.8. The minimum atomic E-state index is -0.972. The van der Waals surface area contributed by atoms with E-state index in [4.69, 9.17) is 23.2 Å². The van der Waals surface area contributed by atoms with Gasteiger partial charge in [-0.25, -0.2) is 0 Å². The molecule has 0 aliphatic carbocycles. The van der Waals surface area contributed by atoms with Gasteiger partial charge in [0.25, 0.3) is 0 Å². The van der Waals surface area contributed by atoms with Crippen LogP contribution in [0.2, 0.25) is 0 Å². The Kier molecular flexibility index (Phi) is 3.07. The van der Waals surface area contributed by atoms with Crippen LogP contribution in [0.1, 0.15) is 0 Å². The summed E-state index contributed by atoms with van der Waals surface area (Å²) < 4.78 is 29.3. The standard InChI is InChI=1S/C20H12B2O5/c1-5-13-6-2-10-16-19(13)15(9-1)23-21(24-16)27-22-25-17-11-3-7-14-8-4-12-18(26-22)20(14)17/h1-12H. The largest absolute Gasteiger partial charge is 0.777 e. The maximum atomic E-state index is 5.86. The minimum Gasteiger partial charge on any atom is -0.501 e. The van der Waals surface area contributed by atoms with Crippen LogP contribution < -0.4 is 18.6 Å². The zero-order valence-electron chi connectivity index (χ0n) is 14.1. The van der Waals surface area contributed by atoms with Crippen LogP contribution in [-0.2, 0) is 4.57 Å². The van der Waals surface area contributed by atoms with E-state index in [0.29, 0.717) is 23.0 Å². The molecule has 2 aliphatic heterocycles. The Bertz CT molecular complexity index is 1020. The van der Waals surface area contributed by atoms with Crippen LogP contribution in [-0.4, -0.2) is 14.6 Å². The van der Waals surface area contributed by atoms with E-state index >= 15 is 0 Å². The molecule has 0 aromatic heterocycles. The molecule has 7 heteroatoms. The molecule has 0 saturated heterocycles. The van der Waals surface area contributed by atoms with Crippen LogP contribution in [0.25, 0.3) is 21.5 Å². The van der Waals surface area contributed by atoms with E-state index in [-0.39, 0.29) is 0 Å². The number of hydrogen-bond donors (Lipinski definition) is 0. The molecule has 0 unspecified atom stereocenters. The molecule has 0 radical (unpaired) electrons. The maximum absolute atomic E-state index is 5.86. The summed E-state index contributed by atoms with van der Waals surface area (Å²) >= 11 is 0. The summed E-state index contributed by atoms with van der Waals surface area (Å²) in [5.41, 5.74) is 0. The molecule has 0 fully saturated rings. The fourth-order valence-electron chi connectivity index (χ4n) is 3.60. The molecule has 0 saturated carbocycles. The Morgan fingerprint density at radius 1 is 0.481 bits per heavy atom. The van der Waals surface area contributed by atoms with Crippen molar-refractivity contribution < 1.29 is 23.2 Å². The number of benzene rings is 4. The van der Waals surface area contributed by atoms with Gasteiger partial charge in [-0.1, -0.05) is 48.5 Å². The van der Waals surface area contributed by atoms with Crippen molar-refractivity contribution in [1.29, 1.82) is 0 Å². The van der Waals surface area contributed by atoms with Gasteiger partial charge in [-0.3, -0.25) is 0 Å². The summed E-state index contributed by atoms with van der Waals surface area (Å²) in [4.78, 5) is 0. The van der Waals surface area contributed by atoms with Crippen molar-refractivity contribution in [3.05, 3.63) is 72.8 Å². The van der Waals surface area contributed by atoms with Gasteiger partial charge in [0.2, 0.25) is 0 Å². The predicted octanol–water partition coefficient (Wildman–Crippen LogP) is 4.22. The minimum absolute atomic E-state index is 0.706. The zero-order chi connectivity index (χ0) is 17.8. The van der Waals surface area contributed by atoms with Crippen LogP contribution in [0.15, 0.2) is 72.8 Å². The molecule has 4 aromatic rings. The van der Waals surface area contributed by atoms with E-state index in [2.05, 4.69) is 0 Å². The summed E-state index contributed by atoms with van der Waals surface area (Å²) in [6.07, 6.45) is 0. The van der Waals surface area contributed by atoms with Crippen molar-refractivity contribution in [3.8, 4) is 23.0 Å². The second kappa shape index (κ2) is 5.59. The Morgan fingerprint density at radius 2 is 0.815 bits per heavy atom. The fraction of sp³-hybridized carbons (Fsp3) is 0. The highest BCUT2D eigenvalue weighted by atomic mass is 16.8. The van der Waals surface area contributed by atoms with Crippen molar-refractivity contribution in [3.63, 3.8) is 0 Å². The van der Waals surface area contributed by atoms with Gasteiger partial charge in [0.05, 0.1) is 10.8 Å². The average molecular weight is 354 g/mol. The van der Waals surface area contributed by atoms with E-state index in [1.807, 2.05) is 72.8 Å². The van der Waals surface area contributed by atoms with Gasteiger partial charge in [-0.2, -0.15) is 0 Å². The van der Waals surface area contributed by atoms with E-state index in [1.54, 1.807) is 0 Å². The molecule has 4 aromatic carbocycles. The van der Waals surface area contributed by atoms with E-state index in [0.717, 1.165) is 21.5 Å². The number of hydrogen-bond acceptors (Lipinski definition) is 5. The van der Waals surface area contributed by atoms with E-state index in [9.17, 15) is 0 Å². The predicted molar refractivity (Wildman–Crippen MR) is 103 cm³/mol. The Labute approximate surface area is 155 Å². The molecule has 0 spiro atoms. The molecule has 27 heavy (non-hydrogen) atoms. The molecule has 0 N–H and O–H groups in total. The van der Waals surface area contributed by atoms with Gasteiger partial charge < -0.3 is 23.2 Å². The summed E-state index contributed by atoms with van der Waals surface area (Å²) in [5, 5.41) is 3.96. The second-order valence-electron chi connectivity index (χ2n) is 6.41. The van der Waals surface area contributed by atoms with Crippen LogP contribution in [0.3, 0.4) is 0 Å². The lowest BCUT2D eigenvalue weighted by Gasteiger charge is -2.27. The Hall–Kier alpha value is -3.31. The zero-order valence-corrected chi connectivity index (χ0v) is 14.1. The summed E-state index contributed by atoms with van der Waals surface area (Å²) in [5.74, 6) is 2.82. The smallest absolute Gasteiger partial charge is 0.501 e. The van der Waals surface area contributed by atoms with Gasteiger partial charge in [0.15, 0.2) is 0 Å². The molecule has 0 atom stereocenters. The highest BCUT2D eigenvalue weighted by Gasteiger charge is 2.44. The third-order valence-corrected chi connectivity index (χ3v) is 4.77.